The van der Waals surface area contributed by atoms with Gasteiger partial charge in [0.1, 0.15) is 0 Å². The summed E-state index contributed by atoms with van der Waals surface area (Å²) in [5.41, 5.74) is 0.403. The third-order valence-electron chi connectivity index (χ3n) is 3.67. The molecular formula is C18H26N2O4. The molecule has 2 N–H and O–H groups in total. The van der Waals surface area contributed by atoms with E-state index in [9.17, 15) is 14.4 Å². The summed E-state index contributed by atoms with van der Waals surface area (Å²) in [7, 11) is 0. The summed E-state index contributed by atoms with van der Waals surface area (Å²) in [5, 5.41) is 11.3. The number of carbonyl (C=O) groups excluding carboxylic acids is 2. The molecule has 0 spiro atoms. The van der Waals surface area contributed by atoms with Gasteiger partial charge in [0.05, 0.1) is 6.04 Å². The van der Waals surface area contributed by atoms with Crippen LogP contribution < -0.4 is 5.32 Å². The monoisotopic (exact) mass is 334 g/mol. The summed E-state index contributed by atoms with van der Waals surface area (Å²) in [6.07, 6.45) is 1.78. The van der Waals surface area contributed by atoms with E-state index in [1.807, 2.05) is 18.7 Å². The summed E-state index contributed by atoms with van der Waals surface area (Å²) in [5.74, 6) is -1.85. The molecule has 1 atom stereocenters. The average molecular weight is 334 g/mol. The third-order valence-corrected chi connectivity index (χ3v) is 3.67. The van der Waals surface area contributed by atoms with Crippen molar-refractivity contribution >= 4 is 17.8 Å². The maximum atomic E-state index is 12.6. The lowest BCUT2D eigenvalue weighted by atomic mass is 10.1. The van der Waals surface area contributed by atoms with Crippen LogP contribution in [0.2, 0.25) is 0 Å². The fraction of sp³-hybridized carbons (Fsp3) is 0.500. The van der Waals surface area contributed by atoms with Crippen molar-refractivity contribution in [3.8, 4) is 0 Å². The zero-order valence-corrected chi connectivity index (χ0v) is 14.3. The van der Waals surface area contributed by atoms with Gasteiger partial charge in [0, 0.05) is 12.0 Å². The molecule has 0 fully saturated rings. The highest BCUT2D eigenvalue weighted by atomic mass is 16.4. The number of rotatable bonds is 10. The Morgan fingerprint density at radius 1 is 1.08 bits per heavy atom. The van der Waals surface area contributed by atoms with Gasteiger partial charge in [0.25, 0.3) is 5.91 Å². The van der Waals surface area contributed by atoms with Crippen LogP contribution in [0, 0.1) is 0 Å². The minimum absolute atomic E-state index is 0.110. The summed E-state index contributed by atoms with van der Waals surface area (Å²) < 4.78 is 0. The molecule has 0 radical (unpaired) electrons. The smallest absolute Gasteiger partial charge is 0.303 e. The van der Waals surface area contributed by atoms with Gasteiger partial charge in [0.15, 0.2) is 0 Å². The molecule has 6 heteroatoms. The minimum Gasteiger partial charge on any atom is -0.481 e. The molecule has 0 saturated carbocycles. The predicted molar refractivity (Wildman–Crippen MR) is 91.7 cm³/mol. The number of aliphatic carboxylic acids is 1. The highest BCUT2D eigenvalue weighted by Crippen LogP contribution is 2.11. The van der Waals surface area contributed by atoms with Gasteiger partial charge in [-0.2, -0.15) is 0 Å². The van der Waals surface area contributed by atoms with Crippen LogP contribution >= 0.6 is 0 Å². The largest absolute Gasteiger partial charge is 0.481 e. The fourth-order valence-corrected chi connectivity index (χ4v) is 2.59. The van der Waals surface area contributed by atoms with Crippen LogP contribution in [0.15, 0.2) is 30.3 Å². The second-order valence-electron chi connectivity index (χ2n) is 5.67. The number of carboxylic acid groups (broad SMARTS) is 1. The standard InChI is InChI=1S/C18H26N2O4/c1-3-12-20(13-4-2)15(10-11-16(21)22)18(24)19-17(23)14-8-6-5-7-9-14/h5-9,15H,3-4,10-13H2,1-2H3,(H,21,22)(H,19,23,24). The lowest BCUT2D eigenvalue weighted by Crippen LogP contribution is -2.49. The van der Waals surface area contributed by atoms with Crippen molar-refractivity contribution in [2.75, 3.05) is 13.1 Å². The summed E-state index contributed by atoms with van der Waals surface area (Å²) in [4.78, 5) is 37.6. The Balaban J connectivity index is 2.84. The van der Waals surface area contributed by atoms with E-state index in [0.29, 0.717) is 18.7 Å². The van der Waals surface area contributed by atoms with Gasteiger partial charge in [-0.25, -0.2) is 0 Å². The number of imide groups is 1. The SMILES string of the molecule is CCCN(CCC)C(CCC(=O)O)C(=O)NC(=O)c1ccccc1. The molecule has 2 amide bonds. The zero-order chi connectivity index (χ0) is 17.9. The fourth-order valence-electron chi connectivity index (χ4n) is 2.59. The van der Waals surface area contributed by atoms with Crippen LogP contribution in [0.4, 0.5) is 0 Å². The van der Waals surface area contributed by atoms with Gasteiger partial charge in [-0.05, 0) is 44.5 Å². The summed E-state index contributed by atoms with van der Waals surface area (Å²) in [6.45, 7) is 5.38. The van der Waals surface area contributed by atoms with Gasteiger partial charge in [-0.3, -0.25) is 24.6 Å². The summed E-state index contributed by atoms with van der Waals surface area (Å²) in [6, 6.07) is 7.88. The van der Waals surface area contributed by atoms with Crippen LogP contribution in [0.3, 0.4) is 0 Å². The van der Waals surface area contributed by atoms with Crippen LogP contribution in [0.25, 0.3) is 0 Å². The molecule has 6 nitrogen and oxygen atoms in total. The Morgan fingerprint density at radius 2 is 1.67 bits per heavy atom. The van der Waals surface area contributed by atoms with Gasteiger partial charge in [-0.15, -0.1) is 0 Å². The van der Waals surface area contributed by atoms with Crippen molar-refractivity contribution in [3.63, 3.8) is 0 Å². The Morgan fingerprint density at radius 3 is 2.17 bits per heavy atom. The molecule has 0 heterocycles. The van der Waals surface area contributed by atoms with Crippen LogP contribution in [0.1, 0.15) is 49.9 Å². The normalized spacial score (nSPS) is 12.0. The van der Waals surface area contributed by atoms with Crippen molar-refractivity contribution in [3.05, 3.63) is 35.9 Å². The molecule has 132 valence electrons. The second-order valence-corrected chi connectivity index (χ2v) is 5.67. The van der Waals surface area contributed by atoms with Crippen molar-refractivity contribution < 1.29 is 19.5 Å². The number of amides is 2. The average Bonchev–Trinajstić information content (AvgIpc) is 2.55. The molecule has 1 aromatic rings. The first-order valence-electron chi connectivity index (χ1n) is 8.35. The van der Waals surface area contributed by atoms with Gasteiger partial charge >= 0.3 is 5.97 Å². The molecule has 24 heavy (non-hydrogen) atoms. The quantitative estimate of drug-likeness (QED) is 0.685. The molecule has 0 aromatic heterocycles. The van der Waals surface area contributed by atoms with E-state index in [-0.39, 0.29) is 12.8 Å². The molecule has 0 aliphatic rings. The molecule has 0 aliphatic carbocycles. The highest BCUT2D eigenvalue weighted by molar-refractivity contribution is 6.06. The molecule has 0 aliphatic heterocycles. The molecule has 0 bridgehead atoms. The summed E-state index contributed by atoms with van der Waals surface area (Å²) >= 11 is 0. The van der Waals surface area contributed by atoms with E-state index in [1.165, 1.54) is 0 Å². The zero-order valence-electron chi connectivity index (χ0n) is 14.3. The number of benzene rings is 1. The first-order valence-corrected chi connectivity index (χ1v) is 8.35. The van der Waals surface area contributed by atoms with Crippen LogP contribution in [0.5, 0.6) is 0 Å². The predicted octanol–water partition coefficient (Wildman–Crippen LogP) is 2.30. The van der Waals surface area contributed by atoms with Gasteiger partial charge < -0.3 is 5.11 Å². The van der Waals surface area contributed by atoms with E-state index in [1.54, 1.807) is 30.3 Å². The minimum atomic E-state index is -0.949. The van der Waals surface area contributed by atoms with Crippen molar-refractivity contribution in [2.45, 2.75) is 45.6 Å². The number of nitrogens with zero attached hydrogens (tertiary/aromatic N) is 1. The second kappa shape index (κ2) is 10.5. The number of carbonyl (C=O) groups is 3. The van der Waals surface area contributed by atoms with E-state index in [4.69, 9.17) is 5.11 Å². The topological polar surface area (TPSA) is 86.7 Å². The Hall–Kier alpha value is -2.21. The first kappa shape index (κ1) is 19.8. The molecule has 1 aromatic carbocycles. The van der Waals surface area contributed by atoms with Gasteiger partial charge in [-0.1, -0.05) is 32.0 Å². The van der Waals surface area contributed by atoms with E-state index < -0.39 is 23.8 Å². The lowest BCUT2D eigenvalue weighted by Gasteiger charge is -2.29. The molecule has 1 unspecified atom stereocenters. The number of hydrogen-bond acceptors (Lipinski definition) is 4. The maximum Gasteiger partial charge on any atom is 0.303 e. The Kier molecular flexibility index (Phi) is 8.71. The molecule has 1 rings (SSSR count). The van der Waals surface area contributed by atoms with Crippen molar-refractivity contribution in [2.24, 2.45) is 0 Å². The van der Waals surface area contributed by atoms with E-state index >= 15 is 0 Å². The molecular weight excluding hydrogens is 308 g/mol. The Bertz CT molecular complexity index is 539. The van der Waals surface area contributed by atoms with E-state index in [0.717, 1.165) is 12.8 Å². The van der Waals surface area contributed by atoms with Crippen LogP contribution in [-0.2, 0) is 9.59 Å². The lowest BCUT2D eigenvalue weighted by molar-refractivity contribution is -0.137. The van der Waals surface area contributed by atoms with Crippen molar-refractivity contribution in [1.82, 2.24) is 10.2 Å². The molecule has 0 saturated heterocycles. The Labute approximate surface area is 142 Å². The van der Waals surface area contributed by atoms with E-state index in [2.05, 4.69) is 5.32 Å². The maximum absolute atomic E-state index is 12.6. The number of carboxylic acids is 1. The van der Waals surface area contributed by atoms with Crippen LogP contribution in [-0.4, -0.2) is 46.9 Å². The number of hydrogen-bond donors (Lipinski definition) is 2. The first-order chi connectivity index (χ1) is 11.5. The third kappa shape index (κ3) is 6.50. The highest BCUT2D eigenvalue weighted by Gasteiger charge is 2.27. The van der Waals surface area contributed by atoms with Gasteiger partial charge in [0.2, 0.25) is 5.91 Å². The van der Waals surface area contributed by atoms with Crippen molar-refractivity contribution in [1.29, 1.82) is 0 Å². The number of nitrogens with one attached hydrogen (secondary N) is 1.